The second-order valence-corrected chi connectivity index (χ2v) is 6.96. The van der Waals surface area contributed by atoms with Gasteiger partial charge in [-0.3, -0.25) is 4.79 Å². The van der Waals surface area contributed by atoms with Gasteiger partial charge in [0.2, 0.25) is 0 Å². The molecule has 1 aliphatic rings. The maximum Gasteiger partial charge on any atom is 0.338 e. The van der Waals surface area contributed by atoms with Gasteiger partial charge in [0.1, 0.15) is 11.5 Å². The van der Waals surface area contributed by atoms with E-state index in [0.29, 0.717) is 42.7 Å². The first-order chi connectivity index (χ1) is 14.0. The minimum Gasteiger partial charge on any atom is -0.497 e. The standard InChI is InChI=1S/C21H23ClN2O5/c1-27-18-10-15(11-19(13-18)28-2)21(26)29-14-20(25)24-8-6-23(7-9-24)17-5-3-4-16(22)12-17/h3-5,10-13H,6-9,14H2,1-2H3. The summed E-state index contributed by atoms with van der Waals surface area (Å²) >= 11 is 6.05. The number of benzene rings is 2. The third-order valence-electron chi connectivity index (χ3n) is 4.72. The molecule has 1 aliphatic heterocycles. The Morgan fingerprint density at radius 1 is 0.966 bits per heavy atom. The van der Waals surface area contributed by atoms with Crippen molar-refractivity contribution >= 4 is 29.2 Å². The van der Waals surface area contributed by atoms with Crippen LogP contribution in [-0.4, -0.2) is 63.8 Å². The molecule has 7 nitrogen and oxygen atoms in total. The zero-order valence-corrected chi connectivity index (χ0v) is 17.1. The number of hydrogen-bond acceptors (Lipinski definition) is 6. The van der Waals surface area contributed by atoms with Crippen molar-refractivity contribution in [3.63, 3.8) is 0 Å². The number of anilines is 1. The highest BCUT2D eigenvalue weighted by molar-refractivity contribution is 6.30. The Morgan fingerprint density at radius 2 is 1.62 bits per heavy atom. The van der Waals surface area contributed by atoms with E-state index in [1.54, 1.807) is 23.1 Å². The SMILES string of the molecule is COc1cc(OC)cc(C(=O)OCC(=O)N2CCN(c3cccc(Cl)c3)CC2)c1. The highest BCUT2D eigenvalue weighted by atomic mass is 35.5. The highest BCUT2D eigenvalue weighted by Gasteiger charge is 2.23. The van der Waals surface area contributed by atoms with Crippen molar-refractivity contribution < 1.29 is 23.8 Å². The lowest BCUT2D eigenvalue weighted by Crippen LogP contribution is -2.49. The molecule has 3 rings (SSSR count). The van der Waals surface area contributed by atoms with Gasteiger partial charge in [0.15, 0.2) is 6.61 Å². The van der Waals surface area contributed by atoms with E-state index < -0.39 is 5.97 Å². The highest BCUT2D eigenvalue weighted by Crippen LogP contribution is 2.23. The van der Waals surface area contributed by atoms with Crippen molar-refractivity contribution in [2.45, 2.75) is 0 Å². The Bertz CT molecular complexity index is 859. The average molecular weight is 419 g/mol. The molecule has 0 bridgehead atoms. The summed E-state index contributed by atoms with van der Waals surface area (Å²) in [5.74, 6) is 0.117. The van der Waals surface area contributed by atoms with Gasteiger partial charge >= 0.3 is 5.97 Å². The van der Waals surface area contributed by atoms with Gasteiger partial charge in [-0.15, -0.1) is 0 Å². The topological polar surface area (TPSA) is 68.3 Å². The number of esters is 1. The summed E-state index contributed by atoms with van der Waals surface area (Å²) in [7, 11) is 2.99. The minimum atomic E-state index is -0.604. The molecule has 154 valence electrons. The Kier molecular flexibility index (Phi) is 6.82. The monoisotopic (exact) mass is 418 g/mol. The van der Waals surface area contributed by atoms with Crippen LogP contribution in [0.3, 0.4) is 0 Å². The fourth-order valence-electron chi connectivity index (χ4n) is 3.11. The summed E-state index contributed by atoms with van der Waals surface area (Å²) in [6.45, 7) is 2.17. The molecule has 2 aromatic carbocycles. The molecule has 0 saturated carbocycles. The van der Waals surface area contributed by atoms with Crippen molar-refractivity contribution in [1.29, 1.82) is 0 Å². The number of ether oxygens (including phenoxy) is 3. The van der Waals surface area contributed by atoms with E-state index in [4.69, 9.17) is 25.8 Å². The zero-order chi connectivity index (χ0) is 20.8. The second kappa shape index (κ2) is 9.52. The first-order valence-electron chi connectivity index (χ1n) is 9.18. The first kappa shape index (κ1) is 20.8. The number of amides is 1. The number of halogens is 1. The quantitative estimate of drug-likeness (QED) is 0.672. The van der Waals surface area contributed by atoms with Gasteiger partial charge in [-0.1, -0.05) is 17.7 Å². The van der Waals surface area contributed by atoms with Gasteiger partial charge in [0.25, 0.3) is 5.91 Å². The van der Waals surface area contributed by atoms with Crippen molar-refractivity contribution in [2.75, 3.05) is 51.9 Å². The van der Waals surface area contributed by atoms with E-state index in [-0.39, 0.29) is 18.1 Å². The van der Waals surface area contributed by atoms with E-state index in [0.717, 1.165) is 5.69 Å². The van der Waals surface area contributed by atoms with Gasteiger partial charge in [-0.25, -0.2) is 4.79 Å². The predicted octanol–water partition coefficient (Wildman–Crippen LogP) is 2.86. The molecule has 8 heteroatoms. The summed E-state index contributed by atoms with van der Waals surface area (Å²) in [5, 5.41) is 0.682. The van der Waals surface area contributed by atoms with Crippen LogP contribution in [0.2, 0.25) is 5.02 Å². The number of piperazine rings is 1. The Morgan fingerprint density at radius 3 is 2.21 bits per heavy atom. The van der Waals surface area contributed by atoms with Crippen molar-refractivity contribution in [3.05, 3.63) is 53.1 Å². The molecule has 1 saturated heterocycles. The number of rotatable bonds is 6. The fourth-order valence-corrected chi connectivity index (χ4v) is 3.30. The molecule has 0 radical (unpaired) electrons. The van der Waals surface area contributed by atoms with E-state index in [9.17, 15) is 9.59 Å². The number of hydrogen-bond donors (Lipinski definition) is 0. The van der Waals surface area contributed by atoms with Crippen LogP contribution in [0.5, 0.6) is 11.5 Å². The van der Waals surface area contributed by atoms with Crippen LogP contribution in [0, 0.1) is 0 Å². The fraction of sp³-hybridized carbons (Fsp3) is 0.333. The number of carbonyl (C=O) groups excluding carboxylic acids is 2. The molecule has 29 heavy (non-hydrogen) atoms. The van der Waals surface area contributed by atoms with Crippen molar-refractivity contribution in [1.82, 2.24) is 4.90 Å². The van der Waals surface area contributed by atoms with Crippen LogP contribution >= 0.6 is 11.6 Å². The van der Waals surface area contributed by atoms with Crippen LogP contribution in [-0.2, 0) is 9.53 Å². The van der Waals surface area contributed by atoms with Gasteiger partial charge in [0.05, 0.1) is 19.8 Å². The predicted molar refractivity (Wildman–Crippen MR) is 110 cm³/mol. The molecule has 0 unspecified atom stereocenters. The van der Waals surface area contributed by atoms with E-state index in [1.807, 2.05) is 24.3 Å². The molecule has 0 N–H and O–H groups in total. The third kappa shape index (κ3) is 5.32. The van der Waals surface area contributed by atoms with E-state index in [1.165, 1.54) is 14.2 Å². The molecular weight excluding hydrogens is 396 g/mol. The summed E-state index contributed by atoms with van der Waals surface area (Å²) in [6, 6.07) is 12.4. The Balaban J connectivity index is 1.52. The van der Waals surface area contributed by atoms with Gasteiger partial charge < -0.3 is 24.0 Å². The minimum absolute atomic E-state index is 0.223. The number of carbonyl (C=O) groups is 2. The molecule has 0 spiro atoms. The summed E-state index contributed by atoms with van der Waals surface area (Å²) in [4.78, 5) is 28.6. The van der Waals surface area contributed by atoms with Gasteiger partial charge in [-0.2, -0.15) is 0 Å². The zero-order valence-electron chi connectivity index (χ0n) is 16.4. The molecule has 0 atom stereocenters. The normalized spacial score (nSPS) is 13.8. The second-order valence-electron chi connectivity index (χ2n) is 6.53. The van der Waals surface area contributed by atoms with Crippen LogP contribution in [0.15, 0.2) is 42.5 Å². The molecule has 0 aromatic heterocycles. The molecule has 0 aliphatic carbocycles. The molecule has 1 fully saturated rings. The van der Waals surface area contributed by atoms with Crippen LogP contribution in [0.25, 0.3) is 0 Å². The van der Waals surface area contributed by atoms with Crippen LogP contribution in [0.1, 0.15) is 10.4 Å². The van der Waals surface area contributed by atoms with Crippen molar-refractivity contribution in [3.8, 4) is 11.5 Å². The van der Waals surface area contributed by atoms with E-state index in [2.05, 4.69) is 4.90 Å². The summed E-state index contributed by atoms with van der Waals surface area (Å²) in [6.07, 6.45) is 0. The molecule has 1 heterocycles. The van der Waals surface area contributed by atoms with Crippen molar-refractivity contribution in [2.24, 2.45) is 0 Å². The molecule has 1 amide bonds. The number of methoxy groups -OCH3 is 2. The lowest BCUT2D eigenvalue weighted by atomic mass is 10.2. The lowest BCUT2D eigenvalue weighted by molar-refractivity contribution is -0.134. The average Bonchev–Trinajstić information content (AvgIpc) is 2.76. The van der Waals surface area contributed by atoms with Gasteiger partial charge in [0, 0.05) is 43.0 Å². The summed E-state index contributed by atoms with van der Waals surface area (Å²) < 4.78 is 15.5. The summed E-state index contributed by atoms with van der Waals surface area (Å²) in [5.41, 5.74) is 1.29. The Labute approximate surface area is 174 Å². The Hall–Kier alpha value is -2.93. The third-order valence-corrected chi connectivity index (χ3v) is 4.95. The molecular formula is C21H23ClN2O5. The maximum absolute atomic E-state index is 12.4. The number of nitrogens with zero attached hydrogens (tertiary/aromatic N) is 2. The molecule has 2 aromatic rings. The lowest BCUT2D eigenvalue weighted by Gasteiger charge is -2.36. The van der Waals surface area contributed by atoms with E-state index >= 15 is 0 Å². The first-order valence-corrected chi connectivity index (χ1v) is 9.56. The van der Waals surface area contributed by atoms with Crippen LogP contribution < -0.4 is 14.4 Å². The maximum atomic E-state index is 12.4. The largest absolute Gasteiger partial charge is 0.497 e. The van der Waals surface area contributed by atoms with Crippen LogP contribution in [0.4, 0.5) is 5.69 Å². The van der Waals surface area contributed by atoms with Gasteiger partial charge in [-0.05, 0) is 30.3 Å². The smallest absolute Gasteiger partial charge is 0.338 e.